The van der Waals surface area contributed by atoms with E-state index < -0.39 is 5.63 Å². The molecule has 1 N–H and O–H groups in total. The van der Waals surface area contributed by atoms with Gasteiger partial charge < -0.3 is 19.3 Å². The lowest BCUT2D eigenvalue weighted by molar-refractivity contribution is -0.132. The van der Waals surface area contributed by atoms with Crippen LogP contribution in [0, 0.1) is 6.92 Å². The predicted molar refractivity (Wildman–Crippen MR) is 95.6 cm³/mol. The summed E-state index contributed by atoms with van der Waals surface area (Å²) in [4.78, 5) is 28.5. The molecule has 1 aliphatic rings. The maximum atomic E-state index is 12.8. The summed E-state index contributed by atoms with van der Waals surface area (Å²) in [5, 5.41) is 10.4. The van der Waals surface area contributed by atoms with Crippen molar-refractivity contribution in [2.24, 2.45) is 0 Å². The van der Waals surface area contributed by atoms with Crippen molar-refractivity contribution in [3.63, 3.8) is 0 Å². The second-order valence-electron chi connectivity index (χ2n) is 7.00. The molecule has 134 valence electrons. The fraction of sp³-hybridized carbons (Fsp3) is 0.474. The number of amides is 1. The molecule has 1 fully saturated rings. The quantitative estimate of drug-likeness (QED) is 0.843. The Morgan fingerprint density at radius 2 is 2.12 bits per heavy atom. The van der Waals surface area contributed by atoms with Crippen LogP contribution in [-0.4, -0.2) is 60.1 Å². The van der Waals surface area contributed by atoms with Gasteiger partial charge in [-0.2, -0.15) is 0 Å². The van der Waals surface area contributed by atoms with E-state index in [2.05, 4.69) is 4.90 Å². The SMILES string of the molecule is Cc1ccc2c(CC(=O)N3C[C@@H](N(C)C)C[C@H]3CO)cc(=O)oc2c1. The molecule has 0 bridgehead atoms. The summed E-state index contributed by atoms with van der Waals surface area (Å²) < 4.78 is 5.25. The van der Waals surface area contributed by atoms with Gasteiger partial charge in [-0.1, -0.05) is 12.1 Å². The Balaban J connectivity index is 1.88. The molecule has 0 radical (unpaired) electrons. The van der Waals surface area contributed by atoms with Crippen LogP contribution in [0.1, 0.15) is 17.5 Å². The summed E-state index contributed by atoms with van der Waals surface area (Å²) in [6.45, 7) is 2.47. The van der Waals surface area contributed by atoms with Crippen molar-refractivity contribution in [1.82, 2.24) is 9.80 Å². The van der Waals surface area contributed by atoms with Crippen LogP contribution >= 0.6 is 0 Å². The number of rotatable bonds is 4. The molecule has 6 nitrogen and oxygen atoms in total. The van der Waals surface area contributed by atoms with Gasteiger partial charge in [0.05, 0.1) is 19.1 Å². The number of aryl methyl sites for hydroxylation is 1. The number of hydrogen-bond acceptors (Lipinski definition) is 5. The third kappa shape index (κ3) is 3.60. The third-order valence-electron chi connectivity index (χ3n) is 4.98. The fourth-order valence-electron chi connectivity index (χ4n) is 3.49. The molecule has 0 saturated carbocycles. The topological polar surface area (TPSA) is 74.0 Å². The molecule has 1 amide bonds. The maximum absolute atomic E-state index is 12.8. The van der Waals surface area contributed by atoms with Crippen molar-refractivity contribution in [2.75, 3.05) is 27.2 Å². The van der Waals surface area contributed by atoms with Crippen LogP contribution in [0.2, 0.25) is 0 Å². The number of likely N-dealkylation sites (tertiary alicyclic amines) is 1. The molecule has 3 rings (SSSR count). The monoisotopic (exact) mass is 344 g/mol. The van der Waals surface area contributed by atoms with Crippen molar-refractivity contribution in [2.45, 2.75) is 31.8 Å². The molecule has 2 heterocycles. The van der Waals surface area contributed by atoms with Crippen molar-refractivity contribution in [3.8, 4) is 0 Å². The predicted octanol–water partition coefficient (Wildman–Crippen LogP) is 1.17. The van der Waals surface area contributed by atoms with Gasteiger partial charge >= 0.3 is 5.63 Å². The summed E-state index contributed by atoms with van der Waals surface area (Å²) in [7, 11) is 3.96. The normalized spacial score (nSPS) is 20.6. The van der Waals surface area contributed by atoms with Crippen LogP contribution in [0.25, 0.3) is 11.0 Å². The van der Waals surface area contributed by atoms with E-state index >= 15 is 0 Å². The minimum atomic E-state index is -0.452. The number of benzene rings is 1. The number of carbonyl (C=O) groups is 1. The second kappa shape index (κ2) is 6.98. The van der Waals surface area contributed by atoms with Crippen molar-refractivity contribution >= 4 is 16.9 Å². The fourth-order valence-corrected chi connectivity index (χ4v) is 3.49. The van der Waals surface area contributed by atoms with Crippen LogP contribution in [0.3, 0.4) is 0 Å². The summed E-state index contributed by atoms with van der Waals surface area (Å²) >= 11 is 0. The first kappa shape index (κ1) is 17.6. The van der Waals surface area contributed by atoms with Crippen LogP contribution in [-0.2, 0) is 11.2 Å². The summed E-state index contributed by atoms with van der Waals surface area (Å²) in [5.41, 5.74) is 1.71. The first-order valence-corrected chi connectivity index (χ1v) is 8.49. The van der Waals surface area contributed by atoms with Gasteiger partial charge in [-0.25, -0.2) is 4.79 Å². The van der Waals surface area contributed by atoms with Crippen molar-refractivity contribution in [3.05, 3.63) is 45.8 Å². The van der Waals surface area contributed by atoms with Crippen LogP contribution in [0.5, 0.6) is 0 Å². The maximum Gasteiger partial charge on any atom is 0.336 e. The Morgan fingerprint density at radius 1 is 1.36 bits per heavy atom. The molecule has 1 aromatic heterocycles. The van der Waals surface area contributed by atoms with Crippen molar-refractivity contribution in [1.29, 1.82) is 0 Å². The molecule has 2 aromatic rings. The molecule has 1 aromatic carbocycles. The second-order valence-corrected chi connectivity index (χ2v) is 7.00. The van der Waals surface area contributed by atoms with Crippen molar-refractivity contribution < 1.29 is 14.3 Å². The summed E-state index contributed by atoms with van der Waals surface area (Å²) in [6, 6.07) is 7.08. The summed E-state index contributed by atoms with van der Waals surface area (Å²) in [5.74, 6) is -0.0733. The van der Waals surface area contributed by atoms with Crippen LogP contribution in [0.15, 0.2) is 33.5 Å². The highest BCUT2D eigenvalue weighted by molar-refractivity contribution is 5.87. The molecule has 6 heteroatoms. The van der Waals surface area contributed by atoms with Gasteiger partial charge in [-0.3, -0.25) is 4.79 Å². The molecule has 1 aliphatic heterocycles. The van der Waals surface area contributed by atoms with E-state index in [0.717, 1.165) is 17.4 Å². The van der Waals surface area contributed by atoms with Gasteiger partial charge in [-0.15, -0.1) is 0 Å². The number of fused-ring (bicyclic) bond motifs is 1. The molecular weight excluding hydrogens is 320 g/mol. The minimum Gasteiger partial charge on any atom is -0.423 e. The average Bonchev–Trinajstić information content (AvgIpc) is 2.98. The average molecular weight is 344 g/mol. The Labute approximate surface area is 146 Å². The molecule has 0 unspecified atom stereocenters. The van der Waals surface area contributed by atoms with Gasteiger partial charge in [0, 0.05) is 24.0 Å². The lowest BCUT2D eigenvalue weighted by atomic mass is 10.0. The lowest BCUT2D eigenvalue weighted by Crippen LogP contribution is -2.39. The van der Waals surface area contributed by atoms with E-state index in [0.29, 0.717) is 17.7 Å². The van der Waals surface area contributed by atoms with Gasteiger partial charge in [0.25, 0.3) is 0 Å². The number of aliphatic hydroxyl groups excluding tert-OH is 1. The highest BCUT2D eigenvalue weighted by Gasteiger charge is 2.35. The Morgan fingerprint density at radius 3 is 2.80 bits per heavy atom. The highest BCUT2D eigenvalue weighted by atomic mass is 16.4. The zero-order valence-corrected chi connectivity index (χ0v) is 14.9. The zero-order chi connectivity index (χ0) is 18.1. The molecule has 25 heavy (non-hydrogen) atoms. The standard InChI is InChI=1S/C19H24N2O4/c1-12-4-5-16-13(8-19(24)25-17(16)6-12)7-18(23)21-10-14(20(2)3)9-15(21)11-22/h4-6,8,14-15,22H,7,9-11H2,1-3H3/t14-,15-/m0/s1. The van der Waals surface area contributed by atoms with Gasteiger partial charge in [0.15, 0.2) is 0 Å². The van der Waals surface area contributed by atoms with E-state index in [1.807, 2.05) is 33.2 Å². The van der Waals surface area contributed by atoms with Gasteiger partial charge in [-0.05, 0) is 44.6 Å². The molecule has 0 spiro atoms. The van der Waals surface area contributed by atoms with Crippen LogP contribution < -0.4 is 5.63 Å². The Kier molecular flexibility index (Phi) is 4.92. The first-order chi connectivity index (χ1) is 11.9. The Hall–Kier alpha value is -2.18. The van der Waals surface area contributed by atoms with Gasteiger partial charge in [0.1, 0.15) is 5.58 Å². The highest BCUT2D eigenvalue weighted by Crippen LogP contribution is 2.24. The number of carbonyl (C=O) groups excluding carboxylic acids is 1. The van der Waals surface area contributed by atoms with E-state index in [1.54, 1.807) is 11.0 Å². The first-order valence-electron chi connectivity index (χ1n) is 8.49. The number of aliphatic hydroxyl groups is 1. The minimum absolute atomic E-state index is 0.0487. The number of nitrogens with zero attached hydrogens (tertiary/aromatic N) is 2. The lowest BCUT2D eigenvalue weighted by Gasteiger charge is -2.23. The van der Waals surface area contributed by atoms with Gasteiger partial charge in [0.2, 0.25) is 5.91 Å². The molecule has 0 aliphatic carbocycles. The molecular formula is C19H24N2O4. The number of likely N-dealkylation sites (N-methyl/N-ethyl adjacent to an activating group) is 1. The molecule has 1 saturated heterocycles. The largest absolute Gasteiger partial charge is 0.423 e. The van der Waals surface area contributed by atoms with E-state index in [-0.39, 0.29) is 31.0 Å². The zero-order valence-electron chi connectivity index (χ0n) is 14.9. The van der Waals surface area contributed by atoms with Crippen LogP contribution in [0.4, 0.5) is 0 Å². The molecule has 2 atom stereocenters. The summed E-state index contributed by atoms with van der Waals surface area (Å²) in [6.07, 6.45) is 0.883. The third-order valence-corrected chi connectivity index (χ3v) is 4.98. The van der Waals surface area contributed by atoms with E-state index in [9.17, 15) is 14.7 Å². The Bertz CT molecular complexity index is 843. The number of hydrogen-bond donors (Lipinski definition) is 1. The van der Waals surface area contributed by atoms with E-state index in [1.165, 1.54) is 6.07 Å². The smallest absolute Gasteiger partial charge is 0.336 e. The van der Waals surface area contributed by atoms with E-state index in [4.69, 9.17) is 4.42 Å².